The number of aldehydes is 1. The van der Waals surface area contributed by atoms with Gasteiger partial charge in [0.2, 0.25) is 0 Å². The zero-order valence-corrected chi connectivity index (χ0v) is 14.9. The topological polar surface area (TPSA) is 34.9 Å². The summed E-state index contributed by atoms with van der Waals surface area (Å²) in [5, 5.41) is 4.36. The summed E-state index contributed by atoms with van der Waals surface area (Å²) in [5.74, 6) is -0.250. The summed E-state index contributed by atoms with van der Waals surface area (Å²) in [4.78, 5) is 8.81. The molecule has 1 aromatic heterocycles. The Balaban J connectivity index is 0.000000659. The Kier molecular flexibility index (Phi) is 5.90. The minimum Gasteiger partial charge on any atom is -0.304 e. The summed E-state index contributed by atoms with van der Waals surface area (Å²) in [6.45, 7) is 1.44. The monoisotopic (exact) mass is 358 g/mol. The van der Waals surface area contributed by atoms with E-state index >= 15 is 0 Å². The first-order valence-corrected chi connectivity index (χ1v) is 8.59. The molecule has 134 valence electrons. The zero-order chi connectivity index (χ0) is 19.1. The predicted octanol–water partition coefficient (Wildman–Crippen LogP) is 5.55. The van der Waals surface area contributed by atoms with Gasteiger partial charge in [0.05, 0.1) is 17.6 Å². The summed E-state index contributed by atoms with van der Waals surface area (Å²) in [7, 11) is 0. The quantitative estimate of drug-likeness (QED) is 0.450. The van der Waals surface area contributed by atoms with Crippen LogP contribution in [0.5, 0.6) is 0 Å². The summed E-state index contributed by atoms with van der Waals surface area (Å²) in [6.07, 6.45) is 2.44. The van der Waals surface area contributed by atoms with Crippen LogP contribution in [-0.4, -0.2) is 16.1 Å². The van der Waals surface area contributed by atoms with Crippen LogP contribution < -0.4 is 0 Å². The van der Waals surface area contributed by atoms with Crippen LogP contribution in [0, 0.1) is 5.82 Å². The van der Waals surface area contributed by atoms with Crippen LogP contribution in [0.25, 0.3) is 28.1 Å². The Morgan fingerprint density at radius 2 is 1.41 bits per heavy atom. The molecule has 0 saturated heterocycles. The molecule has 1 heterocycles. The molecule has 0 N–H and O–H groups in total. The number of carbonyl (C=O) groups is 1. The molecule has 0 radical (unpaired) electrons. The molecule has 3 aromatic carbocycles. The van der Waals surface area contributed by atoms with Gasteiger partial charge >= 0.3 is 0 Å². The summed E-state index contributed by atoms with van der Waals surface area (Å²) >= 11 is 0. The van der Waals surface area contributed by atoms with Crippen LogP contribution in [0.3, 0.4) is 0 Å². The Morgan fingerprint density at radius 1 is 0.815 bits per heavy atom. The second-order valence-corrected chi connectivity index (χ2v) is 5.76. The molecule has 0 aliphatic rings. The average Bonchev–Trinajstić information content (AvgIpc) is 3.19. The van der Waals surface area contributed by atoms with Gasteiger partial charge in [-0.05, 0) is 48.4 Å². The third-order valence-electron chi connectivity index (χ3n) is 4.01. The van der Waals surface area contributed by atoms with Crippen molar-refractivity contribution in [2.75, 3.05) is 0 Å². The standard InChI is InChI=1S/C21H15FN2.C2H4O/c22-20-9-5-4-8-19(20)21-14-15-23-24(21)18-12-10-17(11-13-18)16-6-2-1-3-7-16;1-2-3/h1-15H;2H,1H3. The van der Waals surface area contributed by atoms with Gasteiger partial charge < -0.3 is 4.79 Å². The van der Waals surface area contributed by atoms with Gasteiger partial charge in [0.25, 0.3) is 0 Å². The van der Waals surface area contributed by atoms with Gasteiger partial charge in [0, 0.05) is 5.56 Å². The SMILES string of the molecule is CC=O.Fc1ccccc1-c1ccnn1-c1ccc(-c2ccccc2)cc1. The molecule has 4 heteroatoms. The van der Waals surface area contributed by atoms with E-state index in [0.29, 0.717) is 5.56 Å². The van der Waals surface area contributed by atoms with Gasteiger partial charge in [0.1, 0.15) is 12.1 Å². The number of halogens is 1. The second-order valence-electron chi connectivity index (χ2n) is 5.76. The van der Waals surface area contributed by atoms with Crippen molar-refractivity contribution in [1.29, 1.82) is 0 Å². The maximum Gasteiger partial charge on any atom is 0.132 e. The molecular formula is C23H19FN2O. The lowest BCUT2D eigenvalue weighted by Gasteiger charge is -2.09. The fourth-order valence-electron chi connectivity index (χ4n) is 2.81. The first kappa shape index (κ1) is 18.3. The lowest BCUT2D eigenvalue weighted by Crippen LogP contribution is -1.99. The number of hydrogen-bond donors (Lipinski definition) is 0. The van der Waals surface area contributed by atoms with Crippen molar-refractivity contribution >= 4 is 6.29 Å². The molecule has 0 amide bonds. The molecule has 4 rings (SSSR count). The first-order chi connectivity index (χ1) is 13.2. The Labute approximate surface area is 157 Å². The predicted molar refractivity (Wildman–Crippen MR) is 106 cm³/mol. The lowest BCUT2D eigenvalue weighted by atomic mass is 10.1. The molecular weight excluding hydrogens is 339 g/mol. The van der Waals surface area contributed by atoms with E-state index in [1.165, 1.54) is 18.6 Å². The molecule has 0 atom stereocenters. The molecule has 3 nitrogen and oxygen atoms in total. The van der Waals surface area contributed by atoms with Gasteiger partial charge in [-0.25, -0.2) is 9.07 Å². The lowest BCUT2D eigenvalue weighted by molar-refractivity contribution is -0.106. The van der Waals surface area contributed by atoms with Crippen molar-refractivity contribution in [1.82, 2.24) is 9.78 Å². The summed E-state index contributed by atoms with van der Waals surface area (Å²) < 4.78 is 15.9. The molecule has 27 heavy (non-hydrogen) atoms. The van der Waals surface area contributed by atoms with Crippen molar-refractivity contribution in [3.05, 3.63) is 96.9 Å². The third kappa shape index (κ3) is 4.18. The highest BCUT2D eigenvalue weighted by Gasteiger charge is 2.11. The highest BCUT2D eigenvalue weighted by Crippen LogP contribution is 2.26. The van der Waals surface area contributed by atoms with Crippen LogP contribution in [0.15, 0.2) is 91.1 Å². The number of benzene rings is 3. The van der Waals surface area contributed by atoms with E-state index in [1.807, 2.05) is 42.5 Å². The first-order valence-electron chi connectivity index (χ1n) is 8.59. The molecule has 0 unspecified atom stereocenters. The van der Waals surface area contributed by atoms with Gasteiger partial charge in [0.15, 0.2) is 0 Å². The fourth-order valence-corrected chi connectivity index (χ4v) is 2.81. The molecule has 0 aliphatic heterocycles. The number of hydrogen-bond acceptors (Lipinski definition) is 2. The molecule has 0 bridgehead atoms. The second kappa shape index (κ2) is 8.72. The molecule has 0 aliphatic carbocycles. The van der Waals surface area contributed by atoms with Crippen molar-refractivity contribution in [3.63, 3.8) is 0 Å². The molecule has 4 aromatic rings. The van der Waals surface area contributed by atoms with Gasteiger partial charge in [-0.15, -0.1) is 0 Å². The minimum absolute atomic E-state index is 0.250. The average molecular weight is 358 g/mol. The molecule has 0 fully saturated rings. The van der Waals surface area contributed by atoms with Gasteiger partial charge in [-0.1, -0.05) is 54.6 Å². The largest absolute Gasteiger partial charge is 0.304 e. The molecule has 0 saturated carbocycles. The van der Waals surface area contributed by atoms with E-state index in [2.05, 4.69) is 29.4 Å². The molecule has 0 spiro atoms. The van der Waals surface area contributed by atoms with E-state index in [-0.39, 0.29) is 5.82 Å². The summed E-state index contributed by atoms with van der Waals surface area (Å²) in [6, 6.07) is 26.9. The maximum atomic E-state index is 14.1. The van der Waals surface area contributed by atoms with E-state index < -0.39 is 0 Å². The highest BCUT2D eigenvalue weighted by atomic mass is 19.1. The number of rotatable bonds is 3. The van der Waals surface area contributed by atoms with Crippen molar-refractivity contribution in [2.24, 2.45) is 0 Å². The number of nitrogens with zero attached hydrogens (tertiary/aromatic N) is 2. The van der Waals surface area contributed by atoms with E-state index in [4.69, 9.17) is 4.79 Å². The minimum atomic E-state index is -0.250. The van der Waals surface area contributed by atoms with E-state index in [1.54, 1.807) is 23.0 Å². The maximum absolute atomic E-state index is 14.1. The Hall–Kier alpha value is -3.53. The number of aromatic nitrogens is 2. The number of carbonyl (C=O) groups excluding carboxylic acids is 1. The van der Waals surface area contributed by atoms with Crippen LogP contribution in [0.4, 0.5) is 4.39 Å². The van der Waals surface area contributed by atoms with Crippen LogP contribution in [0.1, 0.15) is 6.92 Å². The van der Waals surface area contributed by atoms with Crippen LogP contribution >= 0.6 is 0 Å². The van der Waals surface area contributed by atoms with Crippen LogP contribution in [0.2, 0.25) is 0 Å². The van der Waals surface area contributed by atoms with Crippen LogP contribution in [-0.2, 0) is 4.79 Å². The van der Waals surface area contributed by atoms with Crippen molar-refractivity contribution in [2.45, 2.75) is 6.92 Å². The fraction of sp³-hybridized carbons (Fsp3) is 0.0435. The smallest absolute Gasteiger partial charge is 0.132 e. The highest BCUT2D eigenvalue weighted by molar-refractivity contribution is 5.66. The zero-order valence-electron chi connectivity index (χ0n) is 14.9. The van der Waals surface area contributed by atoms with Gasteiger partial charge in [-0.3, -0.25) is 0 Å². The Bertz CT molecular complexity index is 1010. The van der Waals surface area contributed by atoms with Crippen molar-refractivity contribution < 1.29 is 9.18 Å². The third-order valence-corrected chi connectivity index (χ3v) is 4.01. The Morgan fingerprint density at radius 3 is 2.07 bits per heavy atom. The van der Waals surface area contributed by atoms with E-state index in [9.17, 15) is 4.39 Å². The summed E-state index contributed by atoms with van der Waals surface area (Å²) in [5.41, 5.74) is 4.48. The normalized spacial score (nSPS) is 10.0. The van der Waals surface area contributed by atoms with E-state index in [0.717, 1.165) is 23.2 Å². The van der Waals surface area contributed by atoms with Gasteiger partial charge in [-0.2, -0.15) is 5.10 Å². The van der Waals surface area contributed by atoms with Crippen molar-refractivity contribution in [3.8, 4) is 28.1 Å².